The molecule has 3 rings (SSSR count). The highest BCUT2D eigenvalue weighted by atomic mass is 16.6. The molecule has 118 valence electrons. The molecule has 1 aliphatic heterocycles. The highest BCUT2D eigenvalue weighted by molar-refractivity contribution is 5.91. The minimum Gasteiger partial charge on any atom is -0.461 e. The van der Waals surface area contributed by atoms with Crippen molar-refractivity contribution in [2.45, 2.75) is 44.5 Å². The number of fused-ring (bicyclic) bond motifs is 3. The lowest BCUT2D eigenvalue weighted by molar-refractivity contribution is -0.150. The quantitative estimate of drug-likeness (QED) is 0.453. The Morgan fingerprint density at radius 3 is 2.82 bits per heavy atom. The van der Waals surface area contributed by atoms with Crippen molar-refractivity contribution in [3.05, 3.63) is 36.0 Å². The van der Waals surface area contributed by atoms with Gasteiger partial charge in [-0.15, -0.1) is 0 Å². The van der Waals surface area contributed by atoms with Gasteiger partial charge in [-0.25, -0.2) is 4.79 Å². The second kappa shape index (κ2) is 4.81. The maximum Gasteiger partial charge on any atom is 0.334 e. The van der Waals surface area contributed by atoms with E-state index in [-0.39, 0.29) is 5.92 Å². The summed E-state index contributed by atoms with van der Waals surface area (Å²) in [5, 5.41) is 11.1. The number of aliphatic hydroxyl groups is 1. The Morgan fingerprint density at radius 2 is 2.18 bits per heavy atom. The lowest BCUT2D eigenvalue weighted by Crippen LogP contribution is -2.43. The summed E-state index contributed by atoms with van der Waals surface area (Å²) in [5.74, 6) is -1.74. The van der Waals surface area contributed by atoms with Crippen molar-refractivity contribution in [2.24, 2.45) is 11.8 Å². The molecule has 0 aromatic rings. The van der Waals surface area contributed by atoms with Crippen molar-refractivity contribution in [3.63, 3.8) is 0 Å². The molecular weight excluding hydrogens is 284 g/mol. The molecule has 0 amide bonds. The number of rotatable bonds is 1. The molecule has 2 aliphatic carbocycles. The van der Waals surface area contributed by atoms with Crippen LogP contribution < -0.4 is 0 Å². The molecule has 0 aromatic carbocycles. The third kappa shape index (κ3) is 1.96. The van der Waals surface area contributed by atoms with Gasteiger partial charge in [-0.1, -0.05) is 24.8 Å². The second-order valence-corrected chi connectivity index (χ2v) is 6.43. The van der Waals surface area contributed by atoms with Crippen molar-refractivity contribution in [2.75, 3.05) is 0 Å². The zero-order valence-corrected chi connectivity index (χ0v) is 12.8. The molecule has 5 heteroatoms. The van der Waals surface area contributed by atoms with Crippen LogP contribution in [0.3, 0.4) is 0 Å². The lowest BCUT2D eigenvalue weighted by atomic mass is 9.77. The molecule has 1 N–H and O–H groups in total. The van der Waals surface area contributed by atoms with E-state index in [1.807, 2.05) is 13.0 Å². The van der Waals surface area contributed by atoms with Crippen LogP contribution in [0.1, 0.15) is 26.7 Å². The highest BCUT2D eigenvalue weighted by Gasteiger charge is 2.59. The van der Waals surface area contributed by atoms with E-state index in [0.717, 1.165) is 5.57 Å². The van der Waals surface area contributed by atoms with E-state index in [2.05, 4.69) is 13.2 Å². The van der Waals surface area contributed by atoms with E-state index in [0.29, 0.717) is 24.0 Å². The summed E-state index contributed by atoms with van der Waals surface area (Å²) in [6, 6.07) is 0. The largest absolute Gasteiger partial charge is 0.461 e. The van der Waals surface area contributed by atoms with Crippen molar-refractivity contribution < 1.29 is 24.2 Å². The van der Waals surface area contributed by atoms with Crippen LogP contribution in [-0.2, 0) is 19.1 Å². The average molecular weight is 304 g/mol. The van der Waals surface area contributed by atoms with Crippen LogP contribution in [0.4, 0.5) is 0 Å². The van der Waals surface area contributed by atoms with Crippen LogP contribution in [0.25, 0.3) is 0 Å². The number of hydrogen-bond donors (Lipinski definition) is 1. The fourth-order valence-electron chi connectivity index (χ4n) is 4.04. The van der Waals surface area contributed by atoms with Gasteiger partial charge in [-0.3, -0.25) is 4.79 Å². The first-order valence-corrected chi connectivity index (χ1v) is 7.40. The van der Waals surface area contributed by atoms with Crippen LogP contribution in [0.2, 0.25) is 0 Å². The molecule has 2 fully saturated rings. The Morgan fingerprint density at radius 1 is 1.50 bits per heavy atom. The maximum absolute atomic E-state index is 12.0. The van der Waals surface area contributed by atoms with Crippen molar-refractivity contribution in [1.29, 1.82) is 0 Å². The molecule has 1 heterocycles. The van der Waals surface area contributed by atoms with Crippen LogP contribution in [0.15, 0.2) is 36.0 Å². The Hall–Kier alpha value is -1.88. The zero-order valence-electron chi connectivity index (χ0n) is 12.8. The van der Waals surface area contributed by atoms with E-state index < -0.39 is 35.7 Å². The van der Waals surface area contributed by atoms with Gasteiger partial charge in [-0.05, 0) is 18.9 Å². The highest BCUT2D eigenvalue weighted by Crippen LogP contribution is 2.52. The molecule has 1 saturated heterocycles. The predicted octanol–water partition coefficient (Wildman–Crippen LogP) is 1.67. The van der Waals surface area contributed by atoms with E-state index in [9.17, 15) is 14.7 Å². The Labute approximate surface area is 129 Å². The molecule has 5 atom stereocenters. The molecule has 0 radical (unpaired) electrons. The fraction of sp³-hybridized carbons (Fsp3) is 0.529. The smallest absolute Gasteiger partial charge is 0.334 e. The van der Waals surface area contributed by atoms with E-state index in [1.165, 1.54) is 6.92 Å². The van der Waals surface area contributed by atoms with Gasteiger partial charge in [0.1, 0.15) is 12.2 Å². The Kier molecular flexibility index (Phi) is 3.29. The summed E-state index contributed by atoms with van der Waals surface area (Å²) in [6.45, 7) is 11.1. The number of carbonyl (C=O) groups excluding carboxylic acids is 2. The number of ether oxygens (including phenoxy) is 2. The monoisotopic (exact) mass is 304 g/mol. The molecule has 0 spiro atoms. The predicted molar refractivity (Wildman–Crippen MR) is 78.6 cm³/mol. The van der Waals surface area contributed by atoms with Gasteiger partial charge in [0.05, 0.1) is 17.4 Å². The minimum absolute atomic E-state index is 0.296. The van der Waals surface area contributed by atoms with Crippen LogP contribution in [-0.4, -0.2) is 34.9 Å². The number of esters is 2. The van der Waals surface area contributed by atoms with Crippen LogP contribution in [0.5, 0.6) is 0 Å². The summed E-state index contributed by atoms with van der Waals surface area (Å²) in [6.07, 6.45) is 1.52. The van der Waals surface area contributed by atoms with Crippen molar-refractivity contribution in [3.8, 4) is 0 Å². The molecule has 1 saturated carbocycles. The normalized spacial score (nSPS) is 40.5. The molecule has 3 aliphatic rings. The van der Waals surface area contributed by atoms with Crippen LogP contribution in [0, 0.1) is 11.8 Å². The molecule has 0 aromatic heterocycles. The van der Waals surface area contributed by atoms with Gasteiger partial charge >= 0.3 is 11.9 Å². The van der Waals surface area contributed by atoms with Crippen molar-refractivity contribution in [1.82, 2.24) is 0 Å². The minimum atomic E-state index is -1.16. The first-order valence-electron chi connectivity index (χ1n) is 7.40. The fourth-order valence-corrected chi connectivity index (χ4v) is 4.04. The summed E-state index contributed by atoms with van der Waals surface area (Å²) >= 11 is 0. The lowest BCUT2D eigenvalue weighted by Gasteiger charge is -2.34. The summed E-state index contributed by atoms with van der Waals surface area (Å²) in [5.41, 5.74) is 0.708. The third-order valence-electron chi connectivity index (χ3n) is 5.11. The molecule has 22 heavy (non-hydrogen) atoms. The average Bonchev–Trinajstić information content (AvgIpc) is 2.84. The van der Waals surface area contributed by atoms with Gasteiger partial charge in [0, 0.05) is 18.9 Å². The molecule has 5 unspecified atom stereocenters. The zero-order chi connectivity index (χ0) is 16.2. The molecule has 0 bridgehead atoms. The van der Waals surface area contributed by atoms with E-state index >= 15 is 0 Å². The van der Waals surface area contributed by atoms with Gasteiger partial charge < -0.3 is 14.6 Å². The van der Waals surface area contributed by atoms with Gasteiger partial charge in [0.15, 0.2) is 0 Å². The summed E-state index contributed by atoms with van der Waals surface area (Å²) in [4.78, 5) is 23.4. The topological polar surface area (TPSA) is 72.8 Å². The third-order valence-corrected chi connectivity index (χ3v) is 5.11. The number of hydrogen-bond acceptors (Lipinski definition) is 5. The first-order chi connectivity index (χ1) is 10.3. The van der Waals surface area contributed by atoms with E-state index in [1.54, 1.807) is 0 Å². The Bertz CT molecular complexity index is 617. The van der Waals surface area contributed by atoms with Gasteiger partial charge in [-0.2, -0.15) is 0 Å². The van der Waals surface area contributed by atoms with Crippen molar-refractivity contribution >= 4 is 11.9 Å². The van der Waals surface area contributed by atoms with E-state index in [4.69, 9.17) is 9.47 Å². The first kappa shape index (κ1) is 15.0. The van der Waals surface area contributed by atoms with Gasteiger partial charge in [0.2, 0.25) is 0 Å². The maximum atomic E-state index is 12.0. The molecular formula is C17H20O5. The summed E-state index contributed by atoms with van der Waals surface area (Å²) in [7, 11) is 0. The Balaban J connectivity index is 2.08. The number of carbonyl (C=O) groups is 2. The second-order valence-electron chi connectivity index (χ2n) is 6.43. The molecule has 5 nitrogen and oxygen atoms in total. The SMILES string of the molecule is C=C1C(=O)OC2C1C(OC(C)=O)CC(=C)C1(O)CC=C(C)C21. The van der Waals surface area contributed by atoms with Crippen LogP contribution >= 0.6 is 0 Å². The van der Waals surface area contributed by atoms with Gasteiger partial charge in [0.25, 0.3) is 0 Å². The summed E-state index contributed by atoms with van der Waals surface area (Å²) < 4.78 is 10.9. The standard InChI is InChI=1S/C17H20O5/c1-8-5-6-17(20)9(2)7-12(21-11(4)18)13-10(3)16(19)22-15(13)14(8)17/h5,12-15,20H,2-3,6-7H2,1,4H3.